The smallest absolute Gasteiger partial charge is 0.417 e. The molecule has 1 N–H and O–H groups in total. The molecule has 0 spiro atoms. The predicted octanol–water partition coefficient (Wildman–Crippen LogP) is 7.52. The minimum absolute atomic E-state index is 0.0305. The summed E-state index contributed by atoms with van der Waals surface area (Å²) in [7, 11) is 1.55. The Labute approximate surface area is 224 Å². The number of carbonyl (C=O) groups is 1. The molecular formula is C30H21F5N2O3. The van der Waals surface area contributed by atoms with E-state index < -0.39 is 35.3 Å². The van der Waals surface area contributed by atoms with Gasteiger partial charge in [-0.05, 0) is 60.5 Å². The van der Waals surface area contributed by atoms with Crippen molar-refractivity contribution in [2.24, 2.45) is 0 Å². The van der Waals surface area contributed by atoms with E-state index in [2.05, 4.69) is 4.98 Å². The van der Waals surface area contributed by atoms with Crippen LogP contribution in [0.25, 0.3) is 22.2 Å². The van der Waals surface area contributed by atoms with Crippen LogP contribution in [0.3, 0.4) is 0 Å². The van der Waals surface area contributed by atoms with Gasteiger partial charge in [0.15, 0.2) is 0 Å². The van der Waals surface area contributed by atoms with Crippen LogP contribution < -0.4 is 4.74 Å². The second-order valence-electron chi connectivity index (χ2n) is 9.48. The molecule has 1 atom stereocenters. The zero-order valence-corrected chi connectivity index (χ0v) is 21.0. The minimum atomic E-state index is -4.61. The Bertz CT molecular complexity index is 1730. The average Bonchev–Trinajstić information content (AvgIpc) is 3.56. The van der Waals surface area contributed by atoms with Gasteiger partial charge in [-0.25, -0.2) is 8.78 Å². The number of benzene rings is 3. The number of nitrogens with zero attached hydrogens (tertiary/aromatic N) is 1. The van der Waals surface area contributed by atoms with Crippen LogP contribution in [0.2, 0.25) is 0 Å². The molecule has 1 unspecified atom stereocenters. The van der Waals surface area contributed by atoms with Crippen LogP contribution >= 0.6 is 0 Å². The molecule has 0 saturated heterocycles. The lowest BCUT2D eigenvalue weighted by Gasteiger charge is -2.35. The van der Waals surface area contributed by atoms with Gasteiger partial charge in [0, 0.05) is 34.6 Å². The van der Waals surface area contributed by atoms with Crippen LogP contribution in [-0.4, -0.2) is 29.4 Å². The van der Waals surface area contributed by atoms with Gasteiger partial charge < -0.3 is 19.0 Å². The van der Waals surface area contributed by atoms with Crippen LogP contribution in [0.1, 0.15) is 39.0 Å². The van der Waals surface area contributed by atoms with Crippen molar-refractivity contribution in [3.8, 4) is 17.1 Å². The summed E-state index contributed by atoms with van der Waals surface area (Å²) in [6.07, 6.45) is -4.20. The van der Waals surface area contributed by atoms with E-state index in [1.165, 1.54) is 35.2 Å². The number of H-pyrrole nitrogens is 1. The largest absolute Gasteiger partial charge is 0.497 e. The second-order valence-corrected chi connectivity index (χ2v) is 9.48. The number of aromatic nitrogens is 1. The van der Waals surface area contributed by atoms with Crippen molar-refractivity contribution in [2.75, 3.05) is 13.7 Å². The Balaban J connectivity index is 1.50. The third kappa shape index (κ3) is 4.39. The Morgan fingerprint density at radius 2 is 1.75 bits per heavy atom. The third-order valence-corrected chi connectivity index (χ3v) is 7.10. The first-order chi connectivity index (χ1) is 19.1. The number of aromatic amines is 1. The van der Waals surface area contributed by atoms with Gasteiger partial charge in [0.05, 0.1) is 18.4 Å². The fraction of sp³-hybridized carbons (Fsp3) is 0.167. The van der Waals surface area contributed by atoms with Crippen LogP contribution in [0.15, 0.2) is 77.2 Å². The molecule has 6 rings (SSSR count). The first-order valence-electron chi connectivity index (χ1n) is 12.4. The molecule has 0 bridgehead atoms. The minimum Gasteiger partial charge on any atom is -0.497 e. The van der Waals surface area contributed by atoms with Gasteiger partial charge in [-0.3, -0.25) is 4.79 Å². The topological polar surface area (TPSA) is 58.5 Å². The molecule has 1 amide bonds. The van der Waals surface area contributed by atoms with Gasteiger partial charge in [0.2, 0.25) is 0 Å². The van der Waals surface area contributed by atoms with Gasteiger partial charge in [0.25, 0.3) is 5.91 Å². The molecule has 5 aromatic rings. The van der Waals surface area contributed by atoms with E-state index in [4.69, 9.17) is 9.15 Å². The summed E-state index contributed by atoms with van der Waals surface area (Å²) in [4.78, 5) is 18.4. The summed E-state index contributed by atoms with van der Waals surface area (Å²) in [6.45, 7) is 0.161. The average molecular weight is 552 g/mol. The molecule has 204 valence electrons. The Kier molecular flexibility index (Phi) is 6.13. The number of rotatable bonds is 4. The van der Waals surface area contributed by atoms with E-state index in [0.29, 0.717) is 23.9 Å². The SMILES string of the molecule is COc1ccc2[nH]c3c(c2c1)CCN(C(=O)c1cc(F)cc(F)c1)C3c1ccc(-c2ccccc2C(F)(F)F)o1. The quantitative estimate of drug-likeness (QED) is 0.235. The zero-order valence-electron chi connectivity index (χ0n) is 21.0. The van der Waals surface area contributed by atoms with Crippen LogP contribution in [0, 0.1) is 11.6 Å². The molecule has 0 fully saturated rings. The summed E-state index contributed by atoms with van der Waals surface area (Å²) >= 11 is 0. The molecule has 40 heavy (non-hydrogen) atoms. The maximum absolute atomic E-state index is 14.0. The van der Waals surface area contributed by atoms with Crippen molar-refractivity contribution >= 4 is 16.8 Å². The van der Waals surface area contributed by atoms with Gasteiger partial charge >= 0.3 is 6.18 Å². The molecule has 2 aromatic heterocycles. The highest BCUT2D eigenvalue weighted by molar-refractivity contribution is 5.95. The number of amides is 1. The lowest BCUT2D eigenvalue weighted by atomic mass is 9.95. The van der Waals surface area contributed by atoms with Crippen molar-refractivity contribution < 1.29 is 35.9 Å². The first-order valence-corrected chi connectivity index (χ1v) is 12.4. The molecule has 0 saturated carbocycles. The van der Waals surface area contributed by atoms with Crippen LogP contribution in [0.4, 0.5) is 22.0 Å². The highest BCUT2D eigenvalue weighted by Crippen LogP contribution is 2.43. The molecule has 3 aromatic carbocycles. The molecular weight excluding hydrogens is 531 g/mol. The monoisotopic (exact) mass is 552 g/mol. The highest BCUT2D eigenvalue weighted by Gasteiger charge is 2.38. The molecule has 1 aliphatic heterocycles. The molecule has 5 nitrogen and oxygen atoms in total. The zero-order chi connectivity index (χ0) is 28.2. The van der Waals surface area contributed by atoms with Gasteiger partial charge in [-0.15, -0.1) is 0 Å². The number of alkyl halides is 3. The lowest BCUT2D eigenvalue weighted by Crippen LogP contribution is -2.40. The van der Waals surface area contributed by atoms with Crippen LogP contribution in [0.5, 0.6) is 5.75 Å². The summed E-state index contributed by atoms with van der Waals surface area (Å²) in [6, 6.07) is 15.1. The molecule has 10 heteroatoms. The van der Waals surface area contributed by atoms with Crippen molar-refractivity contribution in [1.82, 2.24) is 9.88 Å². The molecule has 3 heterocycles. The first kappa shape index (κ1) is 25.7. The number of methoxy groups -OCH3 is 1. The van der Waals surface area contributed by atoms with Crippen molar-refractivity contribution in [2.45, 2.75) is 18.6 Å². The van der Waals surface area contributed by atoms with Crippen LogP contribution in [-0.2, 0) is 12.6 Å². The number of nitrogens with one attached hydrogen (secondary N) is 1. The van der Waals surface area contributed by atoms with Crippen molar-refractivity contribution in [1.29, 1.82) is 0 Å². The number of carbonyl (C=O) groups excluding carboxylic acids is 1. The maximum atomic E-state index is 14.0. The van der Waals surface area contributed by atoms with Crippen molar-refractivity contribution in [3.05, 3.63) is 113 Å². The van der Waals surface area contributed by atoms with Gasteiger partial charge in [-0.1, -0.05) is 18.2 Å². The second kappa shape index (κ2) is 9.55. The number of hydrogen-bond acceptors (Lipinski definition) is 3. The molecule has 0 aliphatic carbocycles. The van der Waals surface area contributed by atoms with Crippen molar-refractivity contribution in [3.63, 3.8) is 0 Å². The summed E-state index contributed by atoms with van der Waals surface area (Å²) in [5.41, 5.74) is 1.02. The number of fused-ring (bicyclic) bond motifs is 3. The predicted molar refractivity (Wildman–Crippen MR) is 137 cm³/mol. The fourth-order valence-corrected chi connectivity index (χ4v) is 5.34. The standard InChI is InChI=1S/C30H21F5N2O3/c1-39-19-6-7-24-22(15-19)20-10-11-37(29(38)16-12-17(31)14-18(32)13-16)28(27(20)36-24)26-9-8-25(40-26)21-4-2-3-5-23(21)30(33,34)35/h2-9,12-15,28,36H,10-11H2,1H3. The Hall–Kier alpha value is -4.60. The number of ether oxygens (including phenoxy) is 1. The normalized spacial score (nSPS) is 15.3. The molecule has 1 aliphatic rings. The summed E-state index contributed by atoms with van der Waals surface area (Å²) in [5.74, 6) is -1.67. The summed E-state index contributed by atoms with van der Waals surface area (Å²) in [5, 5.41) is 0.859. The summed E-state index contributed by atoms with van der Waals surface area (Å²) < 4.78 is 80.6. The number of halogens is 5. The lowest BCUT2D eigenvalue weighted by molar-refractivity contribution is -0.137. The Morgan fingerprint density at radius 3 is 2.48 bits per heavy atom. The van der Waals surface area contributed by atoms with Gasteiger partial charge in [0.1, 0.15) is 34.9 Å². The van der Waals surface area contributed by atoms with E-state index in [9.17, 15) is 26.7 Å². The van der Waals surface area contributed by atoms with Gasteiger partial charge in [-0.2, -0.15) is 13.2 Å². The van der Waals surface area contributed by atoms with E-state index in [1.54, 1.807) is 13.2 Å². The number of hydrogen-bond donors (Lipinski definition) is 1. The fourth-order valence-electron chi connectivity index (χ4n) is 5.34. The van der Waals surface area contributed by atoms with E-state index in [1.807, 2.05) is 12.1 Å². The van der Waals surface area contributed by atoms with E-state index in [0.717, 1.165) is 34.7 Å². The Morgan fingerprint density at radius 1 is 1.00 bits per heavy atom. The highest BCUT2D eigenvalue weighted by atomic mass is 19.4. The maximum Gasteiger partial charge on any atom is 0.417 e. The molecule has 0 radical (unpaired) electrons. The van der Waals surface area contributed by atoms with E-state index in [-0.39, 0.29) is 29.2 Å². The third-order valence-electron chi connectivity index (χ3n) is 7.10. The van der Waals surface area contributed by atoms with E-state index >= 15 is 0 Å². The number of furan rings is 1.